The van der Waals surface area contributed by atoms with Crippen molar-refractivity contribution in [2.45, 2.75) is 50.7 Å². The van der Waals surface area contributed by atoms with Crippen molar-refractivity contribution < 1.29 is 5.11 Å². The maximum Gasteiger partial charge on any atom is 0.0969 e. The van der Waals surface area contributed by atoms with Crippen LogP contribution in [0.3, 0.4) is 0 Å². The third-order valence-corrected chi connectivity index (χ3v) is 3.78. The Morgan fingerprint density at radius 3 is 2.31 bits per heavy atom. The second-order valence-corrected chi connectivity index (χ2v) is 4.94. The van der Waals surface area contributed by atoms with Gasteiger partial charge in [0.05, 0.1) is 6.10 Å². The molecule has 1 unspecified atom stereocenters. The molecule has 1 aliphatic rings. The lowest BCUT2D eigenvalue weighted by Crippen LogP contribution is -2.42. The molecule has 1 atom stereocenters. The smallest absolute Gasteiger partial charge is 0.0969 e. The fourth-order valence-electron chi connectivity index (χ4n) is 2.57. The Bertz CT molecular complexity index is 338. The summed E-state index contributed by atoms with van der Waals surface area (Å²) in [4.78, 5) is 0. The van der Waals surface area contributed by atoms with Gasteiger partial charge < -0.3 is 10.8 Å². The summed E-state index contributed by atoms with van der Waals surface area (Å²) in [6.45, 7) is 2.13. The first-order valence-electron chi connectivity index (χ1n) is 6.21. The van der Waals surface area contributed by atoms with E-state index in [1.54, 1.807) is 0 Å². The summed E-state index contributed by atoms with van der Waals surface area (Å²) in [6, 6.07) is 8.18. The van der Waals surface area contributed by atoms with Crippen LogP contribution in [0.4, 0.5) is 0 Å². The Labute approximate surface area is 97.5 Å². The quantitative estimate of drug-likeness (QED) is 0.820. The Hall–Kier alpha value is -0.860. The van der Waals surface area contributed by atoms with Crippen LogP contribution in [0.2, 0.25) is 0 Å². The lowest BCUT2D eigenvalue weighted by atomic mass is 9.87. The third kappa shape index (κ3) is 2.13. The van der Waals surface area contributed by atoms with Crippen molar-refractivity contribution >= 4 is 0 Å². The standard InChI is InChI=1S/C14H21NO/c1-2-11-5-7-12(8-6-11)13(16)14(15)9-3-4-10-14/h5-8,13,16H,2-4,9-10,15H2,1H3. The molecule has 2 heteroatoms. The number of hydrogen-bond donors (Lipinski definition) is 2. The molecule has 0 aromatic heterocycles. The minimum absolute atomic E-state index is 0.395. The molecule has 0 heterocycles. The van der Waals surface area contributed by atoms with E-state index in [-0.39, 0.29) is 0 Å². The summed E-state index contributed by atoms with van der Waals surface area (Å²) in [5, 5.41) is 10.3. The van der Waals surface area contributed by atoms with E-state index in [1.165, 1.54) is 5.56 Å². The number of nitrogens with two attached hydrogens (primary N) is 1. The molecule has 0 aliphatic heterocycles. The van der Waals surface area contributed by atoms with Crippen molar-refractivity contribution in [1.29, 1.82) is 0 Å². The van der Waals surface area contributed by atoms with Gasteiger partial charge in [-0.05, 0) is 30.4 Å². The van der Waals surface area contributed by atoms with Gasteiger partial charge in [0.2, 0.25) is 0 Å². The first-order valence-corrected chi connectivity index (χ1v) is 6.21. The topological polar surface area (TPSA) is 46.2 Å². The molecule has 1 aliphatic carbocycles. The molecule has 88 valence electrons. The molecule has 3 N–H and O–H groups in total. The Morgan fingerprint density at radius 1 is 1.25 bits per heavy atom. The molecule has 0 saturated heterocycles. The number of aryl methyl sites for hydroxylation is 1. The van der Waals surface area contributed by atoms with Crippen molar-refractivity contribution in [3.8, 4) is 0 Å². The molecule has 16 heavy (non-hydrogen) atoms. The maximum absolute atomic E-state index is 10.3. The van der Waals surface area contributed by atoms with Gasteiger partial charge in [0, 0.05) is 5.54 Å². The van der Waals surface area contributed by atoms with E-state index in [0.29, 0.717) is 0 Å². The summed E-state index contributed by atoms with van der Waals surface area (Å²) >= 11 is 0. The largest absolute Gasteiger partial charge is 0.386 e. The van der Waals surface area contributed by atoms with Gasteiger partial charge in [0.25, 0.3) is 0 Å². The van der Waals surface area contributed by atoms with Crippen LogP contribution in [0, 0.1) is 0 Å². The zero-order chi connectivity index (χ0) is 11.6. The van der Waals surface area contributed by atoms with E-state index in [2.05, 4.69) is 19.1 Å². The van der Waals surface area contributed by atoms with Crippen molar-refractivity contribution in [3.05, 3.63) is 35.4 Å². The number of benzene rings is 1. The molecule has 2 nitrogen and oxygen atoms in total. The highest BCUT2D eigenvalue weighted by atomic mass is 16.3. The van der Waals surface area contributed by atoms with E-state index in [1.807, 2.05) is 12.1 Å². The van der Waals surface area contributed by atoms with Gasteiger partial charge in [-0.2, -0.15) is 0 Å². The summed E-state index contributed by atoms with van der Waals surface area (Å²) in [5.41, 5.74) is 8.12. The average Bonchev–Trinajstić information content (AvgIpc) is 2.77. The molecule has 1 aromatic carbocycles. The molecule has 2 rings (SSSR count). The van der Waals surface area contributed by atoms with Crippen molar-refractivity contribution in [2.75, 3.05) is 0 Å². The number of hydrogen-bond acceptors (Lipinski definition) is 2. The average molecular weight is 219 g/mol. The lowest BCUT2D eigenvalue weighted by Gasteiger charge is -2.30. The molecule has 1 saturated carbocycles. The predicted octanol–water partition coefficient (Wildman–Crippen LogP) is 2.55. The predicted molar refractivity (Wildman–Crippen MR) is 66.2 cm³/mol. The van der Waals surface area contributed by atoms with E-state index in [4.69, 9.17) is 5.73 Å². The van der Waals surface area contributed by atoms with Crippen LogP contribution in [-0.2, 0) is 6.42 Å². The number of rotatable bonds is 3. The zero-order valence-electron chi connectivity index (χ0n) is 9.95. The van der Waals surface area contributed by atoms with Crippen molar-refractivity contribution in [1.82, 2.24) is 0 Å². The van der Waals surface area contributed by atoms with Crippen LogP contribution in [-0.4, -0.2) is 10.6 Å². The van der Waals surface area contributed by atoms with Crippen molar-refractivity contribution in [3.63, 3.8) is 0 Å². The normalized spacial score (nSPS) is 20.9. The first-order chi connectivity index (χ1) is 7.65. The summed E-state index contributed by atoms with van der Waals surface area (Å²) < 4.78 is 0. The van der Waals surface area contributed by atoms with Gasteiger partial charge in [-0.1, -0.05) is 44.0 Å². The molecule has 0 amide bonds. The van der Waals surface area contributed by atoms with Crippen molar-refractivity contribution in [2.24, 2.45) is 5.73 Å². The summed E-state index contributed by atoms with van der Waals surface area (Å²) in [6.07, 6.45) is 4.67. The molecule has 0 radical (unpaired) electrons. The van der Waals surface area contributed by atoms with Gasteiger partial charge >= 0.3 is 0 Å². The van der Waals surface area contributed by atoms with Crippen LogP contribution >= 0.6 is 0 Å². The minimum Gasteiger partial charge on any atom is -0.386 e. The second-order valence-electron chi connectivity index (χ2n) is 4.94. The Balaban J connectivity index is 2.16. The van der Waals surface area contributed by atoms with E-state index in [0.717, 1.165) is 37.7 Å². The maximum atomic E-state index is 10.3. The van der Waals surface area contributed by atoms with Crippen LogP contribution in [0.15, 0.2) is 24.3 Å². The summed E-state index contributed by atoms with van der Waals surface area (Å²) in [5.74, 6) is 0. The fraction of sp³-hybridized carbons (Fsp3) is 0.571. The molecule has 0 spiro atoms. The molecular formula is C14H21NO. The van der Waals surface area contributed by atoms with Gasteiger partial charge in [0.1, 0.15) is 0 Å². The van der Waals surface area contributed by atoms with Crippen LogP contribution in [0.1, 0.15) is 49.8 Å². The van der Waals surface area contributed by atoms with Gasteiger partial charge in [0.15, 0.2) is 0 Å². The lowest BCUT2D eigenvalue weighted by molar-refractivity contribution is 0.0871. The van der Waals surface area contributed by atoms with Gasteiger partial charge in [-0.15, -0.1) is 0 Å². The molecular weight excluding hydrogens is 198 g/mol. The van der Waals surface area contributed by atoms with Crippen LogP contribution in [0.25, 0.3) is 0 Å². The van der Waals surface area contributed by atoms with Crippen LogP contribution < -0.4 is 5.73 Å². The SMILES string of the molecule is CCc1ccc(C(O)C2(N)CCCC2)cc1. The molecule has 1 aromatic rings. The minimum atomic E-state index is -0.513. The Morgan fingerprint density at radius 2 is 1.81 bits per heavy atom. The molecule has 0 bridgehead atoms. The van der Waals surface area contributed by atoms with Gasteiger partial charge in [-0.3, -0.25) is 0 Å². The van der Waals surface area contributed by atoms with Crippen LogP contribution in [0.5, 0.6) is 0 Å². The van der Waals surface area contributed by atoms with E-state index in [9.17, 15) is 5.11 Å². The first kappa shape index (κ1) is 11.6. The summed E-state index contributed by atoms with van der Waals surface area (Å²) in [7, 11) is 0. The fourth-order valence-corrected chi connectivity index (χ4v) is 2.57. The number of aliphatic hydroxyl groups excluding tert-OH is 1. The second kappa shape index (κ2) is 4.56. The third-order valence-electron chi connectivity index (χ3n) is 3.78. The highest BCUT2D eigenvalue weighted by molar-refractivity contribution is 5.26. The monoisotopic (exact) mass is 219 g/mol. The molecule has 1 fully saturated rings. The zero-order valence-corrected chi connectivity index (χ0v) is 9.95. The van der Waals surface area contributed by atoms with E-state index < -0.39 is 11.6 Å². The van der Waals surface area contributed by atoms with Gasteiger partial charge in [-0.25, -0.2) is 0 Å². The van der Waals surface area contributed by atoms with E-state index >= 15 is 0 Å². The number of aliphatic hydroxyl groups is 1. The highest BCUT2D eigenvalue weighted by Gasteiger charge is 2.37. The Kier molecular flexibility index (Phi) is 3.31. The highest BCUT2D eigenvalue weighted by Crippen LogP contribution is 2.37.